The molecule has 0 aromatic heterocycles. The number of benzene rings is 1. The Hall–Kier alpha value is -1.61. The van der Waals surface area contributed by atoms with Crippen LogP contribution in [0.5, 0.6) is 5.75 Å². The van der Waals surface area contributed by atoms with Crippen molar-refractivity contribution in [2.24, 2.45) is 0 Å². The molecular formula is C16H18Cl2O4Si. The molecule has 0 saturated carbocycles. The van der Waals surface area contributed by atoms with E-state index >= 15 is 0 Å². The van der Waals surface area contributed by atoms with Crippen LogP contribution in [-0.4, -0.2) is 28.3 Å². The number of esters is 1. The van der Waals surface area contributed by atoms with E-state index in [2.05, 4.69) is 35.8 Å². The normalized spacial score (nSPS) is 11.3. The molecule has 0 bridgehead atoms. The Morgan fingerprint density at radius 2 is 1.83 bits per heavy atom. The highest BCUT2D eigenvalue weighted by atomic mass is 35.5. The largest absolute Gasteiger partial charge is 0.500 e. The van der Waals surface area contributed by atoms with Crippen LogP contribution in [0.1, 0.15) is 5.56 Å². The van der Waals surface area contributed by atoms with Gasteiger partial charge in [0.2, 0.25) is 5.76 Å². The molecule has 7 heteroatoms. The Bertz CT molecular complexity index is 682. The third-order valence-corrected chi connectivity index (χ3v) is 3.91. The first-order valence-corrected chi connectivity index (χ1v) is 10.9. The average Bonchev–Trinajstić information content (AvgIpc) is 2.46. The van der Waals surface area contributed by atoms with Crippen molar-refractivity contribution >= 4 is 37.2 Å². The van der Waals surface area contributed by atoms with Crippen molar-refractivity contribution in [3.05, 3.63) is 39.8 Å². The van der Waals surface area contributed by atoms with Gasteiger partial charge < -0.3 is 14.2 Å². The minimum absolute atomic E-state index is 0.136. The van der Waals surface area contributed by atoms with Gasteiger partial charge in [-0.2, -0.15) is 0 Å². The second-order valence-electron chi connectivity index (χ2n) is 5.57. The van der Waals surface area contributed by atoms with E-state index in [1.807, 2.05) is 0 Å². The van der Waals surface area contributed by atoms with E-state index in [4.69, 9.17) is 32.7 Å². The van der Waals surface area contributed by atoms with Crippen LogP contribution < -0.4 is 4.74 Å². The third kappa shape index (κ3) is 6.18. The molecule has 0 spiro atoms. The molecule has 1 aromatic carbocycles. The molecule has 1 aromatic rings. The maximum absolute atomic E-state index is 11.6. The summed E-state index contributed by atoms with van der Waals surface area (Å²) in [5, 5.41) is 0.669. The summed E-state index contributed by atoms with van der Waals surface area (Å²) in [4.78, 5) is 11.6. The molecule has 0 aliphatic carbocycles. The standard InChI is InChI=1S/C16H18Cl2O4Si/c1-20-10-15(16(19)21-2)22-14-8-11(6-7-23(3,4)5)12(17)9-13(14)18/h8-10H,1-5H3/b15-10-. The Balaban J connectivity index is 3.24. The SMILES string of the molecule is CO/C=C(\Oc1cc(C#C[Si](C)(C)C)c(Cl)cc1Cl)C(=O)OC. The molecule has 0 fully saturated rings. The van der Waals surface area contributed by atoms with Crippen molar-refractivity contribution in [2.75, 3.05) is 14.2 Å². The third-order valence-electron chi connectivity index (χ3n) is 2.43. The van der Waals surface area contributed by atoms with Crippen LogP contribution in [0.3, 0.4) is 0 Å². The van der Waals surface area contributed by atoms with Gasteiger partial charge in [-0.15, -0.1) is 5.54 Å². The summed E-state index contributed by atoms with van der Waals surface area (Å²) in [6.45, 7) is 6.37. The van der Waals surface area contributed by atoms with Crippen molar-refractivity contribution in [3.8, 4) is 17.2 Å². The van der Waals surface area contributed by atoms with Crippen LogP contribution in [0.4, 0.5) is 0 Å². The number of carbonyl (C=O) groups excluding carboxylic acids is 1. The Morgan fingerprint density at radius 1 is 1.17 bits per heavy atom. The van der Waals surface area contributed by atoms with Gasteiger partial charge >= 0.3 is 5.97 Å². The Morgan fingerprint density at radius 3 is 2.35 bits per heavy atom. The number of hydrogen-bond donors (Lipinski definition) is 0. The lowest BCUT2D eigenvalue weighted by atomic mass is 10.2. The van der Waals surface area contributed by atoms with Gasteiger partial charge in [0.1, 0.15) is 20.1 Å². The van der Waals surface area contributed by atoms with Gasteiger partial charge in [-0.1, -0.05) is 48.8 Å². The lowest BCUT2D eigenvalue weighted by molar-refractivity contribution is -0.138. The number of halogens is 2. The van der Waals surface area contributed by atoms with E-state index < -0.39 is 14.0 Å². The number of methoxy groups -OCH3 is 2. The fourth-order valence-corrected chi connectivity index (χ4v) is 2.38. The van der Waals surface area contributed by atoms with Crippen LogP contribution in [0.25, 0.3) is 0 Å². The van der Waals surface area contributed by atoms with Crippen LogP contribution >= 0.6 is 23.2 Å². The quantitative estimate of drug-likeness (QED) is 0.260. The van der Waals surface area contributed by atoms with Gasteiger partial charge in [0, 0.05) is 5.56 Å². The van der Waals surface area contributed by atoms with Crippen molar-refractivity contribution in [2.45, 2.75) is 19.6 Å². The average molecular weight is 373 g/mol. The molecule has 0 N–H and O–H groups in total. The molecule has 4 nitrogen and oxygen atoms in total. The smallest absolute Gasteiger partial charge is 0.377 e. The first-order valence-electron chi connectivity index (χ1n) is 6.69. The zero-order valence-electron chi connectivity index (χ0n) is 13.6. The first-order chi connectivity index (χ1) is 10.7. The first kappa shape index (κ1) is 19.4. The van der Waals surface area contributed by atoms with Gasteiger partial charge in [0.05, 0.1) is 24.3 Å². The van der Waals surface area contributed by atoms with Crippen LogP contribution in [-0.2, 0) is 14.3 Å². The molecule has 0 amide bonds. The maximum atomic E-state index is 11.6. The lowest BCUT2D eigenvalue weighted by Crippen LogP contribution is -2.16. The van der Waals surface area contributed by atoms with Crippen LogP contribution in [0, 0.1) is 11.5 Å². The van der Waals surface area contributed by atoms with E-state index in [0.717, 1.165) is 6.26 Å². The van der Waals surface area contributed by atoms with Gasteiger partial charge in [-0.3, -0.25) is 0 Å². The topological polar surface area (TPSA) is 44.8 Å². The van der Waals surface area contributed by atoms with Gasteiger partial charge in [0.15, 0.2) is 0 Å². The van der Waals surface area contributed by atoms with Gasteiger partial charge in [-0.05, 0) is 12.1 Å². The van der Waals surface area contributed by atoms with Crippen molar-refractivity contribution in [3.63, 3.8) is 0 Å². The van der Waals surface area contributed by atoms with Crippen molar-refractivity contribution < 1.29 is 19.0 Å². The van der Waals surface area contributed by atoms with Crippen molar-refractivity contribution in [1.82, 2.24) is 0 Å². The molecule has 0 atom stereocenters. The number of carbonyl (C=O) groups is 1. The van der Waals surface area contributed by atoms with E-state index in [0.29, 0.717) is 10.6 Å². The highest BCUT2D eigenvalue weighted by Crippen LogP contribution is 2.32. The predicted octanol–water partition coefficient (Wildman–Crippen LogP) is 4.26. The molecule has 0 saturated heterocycles. The minimum Gasteiger partial charge on any atom is -0.500 e. The number of ether oxygens (including phenoxy) is 3. The zero-order chi connectivity index (χ0) is 17.6. The monoisotopic (exact) mass is 372 g/mol. The van der Waals surface area contributed by atoms with E-state index in [1.165, 1.54) is 20.3 Å². The molecule has 0 unspecified atom stereocenters. The summed E-state index contributed by atoms with van der Waals surface area (Å²) in [5.74, 6) is 2.46. The van der Waals surface area contributed by atoms with Crippen LogP contribution in [0.15, 0.2) is 24.2 Å². The fourth-order valence-electron chi connectivity index (χ4n) is 1.40. The fraction of sp³-hybridized carbons (Fsp3) is 0.312. The molecule has 0 heterocycles. The highest BCUT2D eigenvalue weighted by molar-refractivity contribution is 6.83. The van der Waals surface area contributed by atoms with E-state index in [9.17, 15) is 4.79 Å². The zero-order valence-corrected chi connectivity index (χ0v) is 16.1. The van der Waals surface area contributed by atoms with E-state index in [-0.39, 0.29) is 16.5 Å². The van der Waals surface area contributed by atoms with Crippen molar-refractivity contribution in [1.29, 1.82) is 0 Å². The predicted molar refractivity (Wildman–Crippen MR) is 94.4 cm³/mol. The van der Waals surface area contributed by atoms with Crippen LogP contribution in [0.2, 0.25) is 29.7 Å². The molecule has 0 aliphatic rings. The Kier molecular flexibility index (Phi) is 7.01. The summed E-state index contributed by atoms with van der Waals surface area (Å²) in [6.07, 6.45) is 1.13. The lowest BCUT2D eigenvalue weighted by Gasteiger charge is -2.11. The summed E-state index contributed by atoms with van der Waals surface area (Å²) in [6, 6.07) is 3.11. The molecule has 124 valence electrons. The summed E-state index contributed by atoms with van der Waals surface area (Å²) in [7, 11) is 1.07. The molecule has 0 aliphatic heterocycles. The van der Waals surface area contributed by atoms with Gasteiger partial charge in [0.25, 0.3) is 0 Å². The molecule has 1 rings (SSSR count). The summed E-state index contributed by atoms with van der Waals surface area (Å²) < 4.78 is 14.9. The number of hydrogen-bond acceptors (Lipinski definition) is 4. The summed E-state index contributed by atoms with van der Waals surface area (Å²) >= 11 is 12.3. The maximum Gasteiger partial charge on any atom is 0.377 e. The molecule has 0 radical (unpaired) electrons. The summed E-state index contributed by atoms with van der Waals surface area (Å²) in [5.41, 5.74) is 3.79. The van der Waals surface area contributed by atoms with E-state index in [1.54, 1.807) is 6.07 Å². The number of rotatable bonds is 4. The molecular weight excluding hydrogens is 355 g/mol. The molecule has 23 heavy (non-hydrogen) atoms. The second kappa shape index (κ2) is 8.30. The second-order valence-corrected chi connectivity index (χ2v) is 11.1. The highest BCUT2D eigenvalue weighted by Gasteiger charge is 2.17. The minimum atomic E-state index is -1.56. The van der Waals surface area contributed by atoms with Gasteiger partial charge in [-0.25, -0.2) is 4.79 Å². The Labute approximate surface area is 147 Å².